The minimum Gasteiger partial charge on any atom is -0.325 e. The maximum atomic E-state index is 13.0. The largest absolute Gasteiger partial charge is 0.325 e. The molecular formula is C11H12BrFN2O. The quantitative estimate of drug-likeness (QED) is 0.845. The monoisotopic (exact) mass is 286 g/mol. The van der Waals surface area contributed by atoms with Crippen LogP contribution in [0.15, 0.2) is 22.7 Å². The van der Waals surface area contributed by atoms with Gasteiger partial charge in [0, 0.05) is 18.8 Å². The summed E-state index contributed by atoms with van der Waals surface area (Å²) in [6, 6.07) is 4.32. The number of amides is 2. The third-order valence-corrected chi connectivity index (χ3v) is 3.17. The van der Waals surface area contributed by atoms with E-state index in [1.807, 2.05) is 0 Å². The van der Waals surface area contributed by atoms with Crippen LogP contribution >= 0.6 is 15.9 Å². The fraction of sp³-hybridized carbons (Fsp3) is 0.364. The average Bonchev–Trinajstić information content (AvgIpc) is 2.77. The summed E-state index contributed by atoms with van der Waals surface area (Å²) in [5.41, 5.74) is 0.602. The molecule has 5 heteroatoms. The lowest BCUT2D eigenvalue weighted by molar-refractivity contribution is 0.222. The van der Waals surface area contributed by atoms with Crippen LogP contribution in [0.25, 0.3) is 0 Å². The highest BCUT2D eigenvalue weighted by atomic mass is 79.9. The summed E-state index contributed by atoms with van der Waals surface area (Å²) in [5, 5.41) is 2.74. The Morgan fingerprint density at radius 1 is 1.38 bits per heavy atom. The van der Waals surface area contributed by atoms with Crippen LogP contribution in [0, 0.1) is 5.82 Å². The number of carbonyl (C=O) groups is 1. The number of halogens is 2. The molecule has 0 bridgehead atoms. The van der Waals surface area contributed by atoms with Crippen molar-refractivity contribution in [3.63, 3.8) is 0 Å². The number of likely N-dealkylation sites (tertiary alicyclic amines) is 1. The molecule has 1 heterocycles. The van der Waals surface area contributed by atoms with E-state index in [1.165, 1.54) is 6.07 Å². The second-order valence-corrected chi connectivity index (χ2v) is 4.61. The van der Waals surface area contributed by atoms with E-state index in [-0.39, 0.29) is 11.8 Å². The van der Waals surface area contributed by atoms with E-state index in [0.717, 1.165) is 25.9 Å². The minimum atomic E-state index is -0.334. The molecule has 1 aliphatic rings. The first-order valence-electron chi connectivity index (χ1n) is 5.18. The molecule has 1 aromatic carbocycles. The molecule has 2 amide bonds. The molecule has 1 aliphatic heterocycles. The van der Waals surface area contributed by atoms with Crippen LogP contribution in [0.5, 0.6) is 0 Å². The third-order valence-electron chi connectivity index (χ3n) is 2.56. The zero-order chi connectivity index (χ0) is 11.5. The number of nitrogens with zero attached hydrogens (tertiary/aromatic N) is 1. The number of nitrogens with one attached hydrogen (secondary N) is 1. The second kappa shape index (κ2) is 4.82. The molecule has 0 radical (unpaired) electrons. The molecule has 86 valence electrons. The molecule has 0 spiro atoms. The van der Waals surface area contributed by atoms with E-state index in [1.54, 1.807) is 17.0 Å². The summed E-state index contributed by atoms with van der Waals surface area (Å²) in [6.07, 6.45) is 2.11. The lowest BCUT2D eigenvalue weighted by atomic mass is 10.3. The highest BCUT2D eigenvalue weighted by Crippen LogP contribution is 2.20. The smallest absolute Gasteiger partial charge is 0.321 e. The molecule has 1 N–H and O–H groups in total. The average molecular weight is 287 g/mol. The maximum absolute atomic E-state index is 13.0. The Balaban J connectivity index is 2.02. The van der Waals surface area contributed by atoms with Crippen LogP contribution in [-0.2, 0) is 0 Å². The molecule has 1 saturated heterocycles. The highest BCUT2D eigenvalue weighted by molar-refractivity contribution is 9.10. The Hall–Kier alpha value is -1.10. The van der Waals surface area contributed by atoms with Gasteiger partial charge in [0.15, 0.2) is 0 Å². The van der Waals surface area contributed by atoms with Crippen LogP contribution in [0.1, 0.15) is 12.8 Å². The molecule has 3 nitrogen and oxygen atoms in total. The first-order valence-corrected chi connectivity index (χ1v) is 5.97. The summed E-state index contributed by atoms with van der Waals surface area (Å²) >= 11 is 3.08. The predicted molar refractivity (Wildman–Crippen MR) is 63.9 cm³/mol. The third kappa shape index (κ3) is 2.52. The molecule has 0 aliphatic carbocycles. The van der Waals surface area contributed by atoms with E-state index in [9.17, 15) is 9.18 Å². The minimum absolute atomic E-state index is 0.115. The lowest BCUT2D eigenvalue weighted by Gasteiger charge is -2.16. The van der Waals surface area contributed by atoms with Crippen LogP contribution in [-0.4, -0.2) is 24.0 Å². The van der Waals surface area contributed by atoms with Gasteiger partial charge in [-0.2, -0.15) is 0 Å². The molecule has 2 rings (SSSR count). The van der Waals surface area contributed by atoms with Gasteiger partial charge in [0.05, 0.1) is 4.47 Å². The van der Waals surface area contributed by atoms with Crippen molar-refractivity contribution in [2.75, 3.05) is 18.4 Å². The number of hydrogen-bond acceptors (Lipinski definition) is 1. The van der Waals surface area contributed by atoms with Gasteiger partial charge in [-0.3, -0.25) is 0 Å². The van der Waals surface area contributed by atoms with Crippen molar-refractivity contribution in [2.24, 2.45) is 0 Å². The number of hydrogen-bond donors (Lipinski definition) is 1. The van der Waals surface area contributed by atoms with Crippen molar-refractivity contribution in [3.05, 3.63) is 28.5 Å². The number of benzene rings is 1. The first kappa shape index (κ1) is 11.4. The zero-order valence-corrected chi connectivity index (χ0v) is 10.3. The Bertz CT molecular complexity index is 405. The van der Waals surface area contributed by atoms with Gasteiger partial charge in [0.25, 0.3) is 0 Å². The van der Waals surface area contributed by atoms with Gasteiger partial charge < -0.3 is 10.2 Å². The van der Waals surface area contributed by atoms with Crippen LogP contribution < -0.4 is 5.32 Å². The summed E-state index contributed by atoms with van der Waals surface area (Å²) in [4.78, 5) is 13.5. The number of carbonyl (C=O) groups excluding carboxylic acids is 1. The predicted octanol–water partition coefficient (Wildman–Crippen LogP) is 3.22. The molecule has 1 fully saturated rings. The summed E-state index contributed by atoms with van der Waals surface area (Å²) in [5.74, 6) is -0.334. The van der Waals surface area contributed by atoms with Crippen molar-refractivity contribution in [2.45, 2.75) is 12.8 Å². The van der Waals surface area contributed by atoms with Crippen LogP contribution in [0.4, 0.5) is 14.9 Å². The number of urea groups is 1. The van der Waals surface area contributed by atoms with Gasteiger partial charge in [-0.25, -0.2) is 9.18 Å². The van der Waals surface area contributed by atoms with E-state index < -0.39 is 0 Å². The maximum Gasteiger partial charge on any atom is 0.321 e. The summed E-state index contributed by atoms with van der Waals surface area (Å²) in [6.45, 7) is 1.60. The standard InChI is InChI=1S/C11H12BrFN2O/c12-9-7-8(3-4-10(9)13)14-11(16)15-5-1-2-6-15/h3-4,7H,1-2,5-6H2,(H,14,16). The van der Waals surface area contributed by atoms with Crippen molar-refractivity contribution < 1.29 is 9.18 Å². The van der Waals surface area contributed by atoms with Gasteiger partial charge in [0.2, 0.25) is 0 Å². The van der Waals surface area contributed by atoms with Crippen LogP contribution in [0.2, 0.25) is 0 Å². The molecule has 1 aromatic rings. The molecule has 0 aromatic heterocycles. The second-order valence-electron chi connectivity index (χ2n) is 3.75. The number of rotatable bonds is 1. The summed E-state index contributed by atoms with van der Waals surface area (Å²) in [7, 11) is 0. The lowest BCUT2D eigenvalue weighted by Crippen LogP contribution is -2.32. The molecule has 0 atom stereocenters. The van der Waals surface area contributed by atoms with Gasteiger partial charge in [-0.05, 0) is 47.0 Å². The number of anilines is 1. The van der Waals surface area contributed by atoms with E-state index in [2.05, 4.69) is 21.2 Å². The first-order chi connectivity index (χ1) is 7.66. The van der Waals surface area contributed by atoms with Crippen molar-refractivity contribution in [1.29, 1.82) is 0 Å². The van der Waals surface area contributed by atoms with Gasteiger partial charge >= 0.3 is 6.03 Å². The Labute approximate surface area is 102 Å². The fourth-order valence-corrected chi connectivity index (χ4v) is 2.08. The molecule has 16 heavy (non-hydrogen) atoms. The van der Waals surface area contributed by atoms with E-state index in [0.29, 0.717) is 10.2 Å². The zero-order valence-electron chi connectivity index (χ0n) is 8.67. The summed E-state index contributed by atoms with van der Waals surface area (Å²) < 4.78 is 13.3. The van der Waals surface area contributed by atoms with Gasteiger partial charge in [0.1, 0.15) is 5.82 Å². The molecular weight excluding hydrogens is 275 g/mol. The van der Waals surface area contributed by atoms with Gasteiger partial charge in [-0.15, -0.1) is 0 Å². The molecule has 0 saturated carbocycles. The van der Waals surface area contributed by atoms with Crippen LogP contribution in [0.3, 0.4) is 0 Å². The van der Waals surface area contributed by atoms with Crippen molar-refractivity contribution >= 4 is 27.6 Å². The topological polar surface area (TPSA) is 32.3 Å². The Kier molecular flexibility index (Phi) is 3.43. The molecule has 0 unspecified atom stereocenters. The Morgan fingerprint density at radius 3 is 2.69 bits per heavy atom. The highest BCUT2D eigenvalue weighted by Gasteiger charge is 2.17. The van der Waals surface area contributed by atoms with E-state index >= 15 is 0 Å². The SMILES string of the molecule is O=C(Nc1ccc(F)c(Br)c1)N1CCCC1. The Morgan fingerprint density at radius 2 is 2.06 bits per heavy atom. The van der Waals surface area contributed by atoms with Gasteiger partial charge in [-0.1, -0.05) is 0 Å². The van der Waals surface area contributed by atoms with Crippen molar-refractivity contribution in [1.82, 2.24) is 4.90 Å². The fourth-order valence-electron chi connectivity index (χ4n) is 1.70. The van der Waals surface area contributed by atoms with E-state index in [4.69, 9.17) is 0 Å². The van der Waals surface area contributed by atoms with Crippen molar-refractivity contribution in [3.8, 4) is 0 Å². The normalized spacial score (nSPS) is 15.2.